The molecule has 0 saturated heterocycles. The molecule has 1 aliphatic rings. The zero-order valence-corrected chi connectivity index (χ0v) is 15.2. The second-order valence-corrected chi connectivity index (χ2v) is 6.61. The molecule has 0 aliphatic carbocycles. The van der Waals surface area contributed by atoms with Crippen LogP contribution in [0.15, 0.2) is 60.0 Å². The Kier molecular flexibility index (Phi) is 5.47. The summed E-state index contributed by atoms with van der Waals surface area (Å²) >= 11 is 0. The number of ether oxygens (including phenoxy) is 2. The molecule has 0 radical (unpaired) electrons. The van der Waals surface area contributed by atoms with Gasteiger partial charge >= 0.3 is 11.9 Å². The number of hydrogen-bond donors (Lipinski definition) is 0. The van der Waals surface area contributed by atoms with E-state index in [1.165, 1.54) is 25.9 Å². The van der Waals surface area contributed by atoms with Gasteiger partial charge in [0.25, 0.3) is 0 Å². The molecule has 132 valence electrons. The maximum Gasteiger partial charge on any atom is 0.355 e. The fraction of sp³-hybridized carbons (Fsp3) is 0.300. The van der Waals surface area contributed by atoms with E-state index in [1.807, 2.05) is 24.3 Å². The van der Waals surface area contributed by atoms with Crippen LogP contribution in [0.1, 0.15) is 26.3 Å². The van der Waals surface area contributed by atoms with Gasteiger partial charge in [-0.2, -0.15) is 0 Å². The molecule has 0 fully saturated rings. The van der Waals surface area contributed by atoms with Gasteiger partial charge in [0.2, 0.25) is 0 Å². The van der Waals surface area contributed by atoms with Crippen LogP contribution in [0, 0.1) is 0 Å². The first kappa shape index (κ1) is 18.5. The number of methoxy groups -OCH3 is 2. The molecule has 0 saturated carbocycles. The van der Waals surface area contributed by atoms with Crippen LogP contribution in [0.2, 0.25) is 0 Å². The predicted molar refractivity (Wildman–Crippen MR) is 97.0 cm³/mol. The molecule has 25 heavy (non-hydrogen) atoms. The highest BCUT2D eigenvalue weighted by Gasteiger charge is 2.27. The predicted octanol–water partition coefficient (Wildman–Crippen LogP) is 3.47. The van der Waals surface area contributed by atoms with Crippen LogP contribution in [-0.2, 0) is 24.5 Å². The molecule has 0 aromatic heterocycles. The first-order chi connectivity index (χ1) is 11.8. The van der Waals surface area contributed by atoms with Crippen molar-refractivity contribution >= 4 is 17.6 Å². The van der Waals surface area contributed by atoms with Crippen molar-refractivity contribution in [2.45, 2.75) is 26.2 Å². The number of hydrogen-bond acceptors (Lipinski definition) is 5. The number of nitrogens with zero attached hydrogens (tertiary/aromatic N) is 1. The normalized spacial score (nSPS) is 14.4. The second-order valence-electron chi connectivity index (χ2n) is 6.61. The third-order valence-electron chi connectivity index (χ3n) is 3.90. The van der Waals surface area contributed by atoms with Crippen molar-refractivity contribution in [1.29, 1.82) is 0 Å². The molecule has 5 heteroatoms. The average Bonchev–Trinajstić information content (AvgIpc) is 2.82. The minimum Gasteiger partial charge on any atom is -0.465 e. The van der Waals surface area contributed by atoms with Gasteiger partial charge < -0.3 is 14.4 Å². The summed E-state index contributed by atoms with van der Waals surface area (Å²) in [7, 11) is 2.56. The lowest BCUT2D eigenvalue weighted by molar-refractivity contribution is -0.139. The largest absolute Gasteiger partial charge is 0.465 e. The summed E-state index contributed by atoms with van der Waals surface area (Å²) in [6.07, 6.45) is 6.68. The Morgan fingerprint density at radius 1 is 0.920 bits per heavy atom. The van der Waals surface area contributed by atoms with Crippen LogP contribution >= 0.6 is 0 Å². The van der Waals surface area contributed by atoms with Gasteiger partial charge in [-0.1, -0.05) is 39.0 Å². The molecule has 5 nitrogen and oxygen atoms in total. The first-order valence-electron chi connectivity index (χ1n) is 7.95. The fourth-order valence-corrected chi connectivity index (χ4v) is 2.49. The lowest BCUT2D eigenvalue weighted by atomic mass is 9.87. The Morgan fingerprint density at radius 2 is 1.52 bits per heavy atom. The molecular formula is C20H23NO4. The summed E-state index contributed by atoms with van der Waals surface area (Å²) in [5, 5.41) is 0. The van der Waals surface area contributed by atoms with Crippen molar-refractivity contribution in [3.8, 4) is 0 Å². The number of carbonyl (C=O) groups is 2. The molecule has 1 heterocycles. The molecule has 0 atom stereocenters. The summed E-state index contributed by atoms with van der Waals surface area (Å²) in [6, 6.07) is 7.84. The average molecular weight is 341 g/mol. The molecule has 0 N–H and O–H groups in total. The van der Waals surface area contributed by atoms with E-state index < -0.39 is 11.9 Å². The van der Waals surface area contributed by atoms with Crippen molar-refractivity contribution in [2.24, 2.45) is 0 Å². The Morgan fingerprint density at radius 3 is 2.04 bits per heavy atom. The van der Waals surface area contributed by atoms with Crippen molar-refractivity contribution in [1.82, 2.24) is 0 Å². The molecule has 0 spiro atoms. The number of carbonyl (C=O) groups excluding carboxylic acids is 2. The van der Waals surface area contributed by atoms with E-state index in [0.29, 0.717) is 0 Å². The Bertz CT molecular complexity index is 749. The maximum absolute atomic E-state index is 12.4. The standard InChI is InChI=1S/C20H23NO4/c1-20(2,3)14-9-11-15(12-10-14)21-13-7-6-8-16(18(22)24-4)17(21)19(23)25-5/h6-13H,1-5H3. The summed E-state index contributed by atoms with van der Waals surface area (Å²) in [6.45, 7) is 6.40. The third kappa shape index (κ3) is 3.99. The molecule has 0 bridgehead atoms. The van der Waals surface area contributed by atoms with Gasteiger partial charge in [-0.25, -0.2) is 9.59 Å². The van der Waals surface area contributed by atoms with Crippen molar-refractivity contribution in [3.63, 3.8) is 0 Å². The van der Waals surface area contributed by atoms with E-state index in [0.717, 1.165) is 5.69 Å². The number of benzene rings is 1. The second kappa shape index (κ2) is 7.38. The van der Waals surface area contributed by atoms with Crippen LogP contribution < -0.4 is 4.90 Å². The molecule has 1 aromatic carbocycles. The molecule has 1 aliphatic heterocycles. The van der Waals surface area contributed by atoms with Crippen molar-refractivity contribution < 1.29 is 19.1 Å². The SMILES string of the molecule is COC(=O)C1=C(C(=O)OC)N(c2ccc(C(C)(C)C)cc2)C=CC=C1. The summed E-state index contributed by atoms with van der Waals surface area (Å²) in [4.78, 5) is 26.1. The first-order valence-corrected chi connectivity index (χ1v) is 7.95. The summed E-state index contributed by atoms with van der Waals surface area (Å²) in [5.74, 6) is -1.21. The fourth-order valence-electron chi connectivity index (χ4n) is 2.49. The Hall–Kier alpha value is -2.82. The minimum absolute atomic E-state index is 0.0207. The minimum atomic E-state index is -0.614. The van der Waals surface area contributed by atoms with E-state index >= 15 is 0 Å². The lowest BCUT2D eigenvalue weighted by Gasteiger charge is -2.25. The van der Waals surface area contributed by atoms with Crippen LogP contribution in [0.3, 0.4) is 0 Å². The Labute approximate surface area is 148 Å². The smallest absolute Gasteiger partial charge is 0.355 e. The number of esters is 2. The van der Waals surface area contributed by atoms with Gasteiger partial charge in [0.15, 0.2) is 0 Å². The monoisotopic (exact) mass is 341 g/mol. The highest BCUT2D eigenvalue weighted by atomic mass is 16.5. The van der Waals surface area contributed by atoms with Gasteiger partial charge in [-0.05, 0) is 35.3 Å². The molecule has 1 aromatic rings. The molecule has 2 rings (SSSR count). The van der Waals surface area contributed by atoms with Crippen LogP contribution in [0.4, 0.5) is 5.69 Å². The molecule has 0 unspecified atom stereocenters. The topological polar surface area (TPSA) is 55.8 Å². The van der Waals surface area contributed by atoms with Crippen LogP contribution in [0.5, 0.6) is 0 Å². The van der Waals surface area contributed by atoms with E-state index in [2.05, 4.69) is 20.8 Å². The van der Waals surface area contributed by atoms with Crippen LogP contribution in [-0.4, -0.2) is 26.2 Å². The number of anilines is 1. The number of allylic oxidation sites excluding steroid dienone is 2. The van der Waals surface area contributed by atoms with Crippen LogP contribution in [0.25, 0.3) is 0 Å². The quantitative estimate of drug-likeness (QED) is 0.788. The summed E-state index contributed by atoms with van der Waals surface area (Å²) < 4.78 is 9.69. The zero-order chi connectivity index (χ0) is 18.6. The third-order valence-corrected chi connectivity index (χ3v) is 3.90. The highest BCUT2D eigenvalue weighted by molar-refractivity contribution is 6.05. The zero-order valence-electron chi connectivity index (χ0n) is 15.2. The van der Waals surface area contributed by atoms with Crippen molar-refractivity contribution in [2.75, 3.05) is 19.1 Å². The van der Waals surface area contributed by atoms with E-state index in [-0.39, 0.29) is 16.7 Å². The summed E-state index contributed by atoms with van der Waals surface area (Å²) in [5.41, 5.74) is 2.19. The van der Waals surface area contributed by atoms with Gasteiger partial charge in [-0.15, -0.1) is 0 Å². The molecular weight excluding hydrogens is 318 g/mol. The molecule has 0 amide bonds. The van der Waals surface area contributed by atoms with E-state index in [9.17, 15) is 9.59 Å². The van der Waals surface area contributed by atoms with Gasteiger partial charge in [0, 0.05) is 11.9 Å². The Balaban J connectivity index is 2.57. The van der Waals surface area contributed by atoms with Crippen molar-refractivity contribution in [3.05, 3.63) is 65.5 Å². The van der Waals surface area contributed by atoms with E-state index in [4.69, 9.17) is 9.47 Å². The van der Waals surface area contributed by atoms with Gasteiger partial charge in [0.05, 0.1) is 19.8 Å². The van der Waals surface area contributed by atoms with E-state index in [1.54, 1.807) is 23.3 Å². The maximum atomic E-state index is 12.4. The highest BCUT2D eigenvalue weighted by Crippen LogP contribution is 2.29. The number of rotatable bonds is 3. The van der Waals surface area contributed by atoms with Gasteiger partial charge in [0.1, 0.15) is 5.70 Å². The lowest BCUT2D eigenvalue weighted by Crippen LogP contribution is -2.27. The van der Waals surface area contributed by atoms with Gasteiger partial charge in [-0.3, -0.25) is 0 Å².